The van der Waals surface area contributed by atoms with Crippen LogP contribution in [-0.2, 0) is 11.8 Å². The maximum atomic E-state index is 14.7. The molecule has 3 rings (SSSR count). The number of phenolic OH excluding ortho intramolecular Hbond substituents is 1. The highest BCUT2D eigenvalue weighted by Crippen LogP contribution is 2.33. The summed E-state index contributed by atoms with van der Waals surface area (Å²) in [5, 5.41) is 12.0. The first-order valence-electron chi connectivity index (χ1n) is 9.24. The number of amides is 2. The van der Waals surface area contributed by atoms with Crippen molar-refractivity contribution in [1.29, 1.82) is 0 Å². The average Bonchev–Trinajstić information content (AvgIpc) is 3.06. The summed E-state index contributed by atoms with van der Waals surface area (Å²) in [5.41, 5.74) is 4.78. The van der Waals surface area contributed by atoms with Crippen LogP contribution < -0.4 is 11.1 Å². The molecule has 0 saturated carbocycles. The van der Waals surface area contributed by atoms with Crippen LogP contribution in [-0.4, -0.2) is 33.8 Å². The van der Waals surface area contributed by atoms with Gasteiger partial charge in [-0.05, 0) is 42.5 Å². The van der Waals surface area contributed by atoms with Gasteiger partial charge in [-0.1, -0.05) is 0 Å². The van der Waals surface area contributed by atoms with E-state index in [0.29, 0.717) is 0 Å². The lowest BCUT2D eigenvalue weighted by molar-refractivity contribution is -0.117. The van der Waals surface area contributed by atoms with Crippen molar-refractivity contribution >= 4 is 17.6 Å². The van der Waals surface area contributed by atoms with Crippen LogP contribution in [0.3, 0.4) is 0 Å². The first-order valence-corrected chi connectivity index (χ1v) is 9.24. The van der Waals surface area contributed by atoms with Crippen LogP contribution in [0, 0.1) is 11.6 Å². The van der Waals surface area contributed by atoms with E-state index in [4.69, 9.17) is 5.73 Å². The number of nitrogens with zero attached hydrogens (tertiary/aromatic N) is 1. The van der Waals surface area contributed by atoms with Crippen LogP contribution in [0.15, 0.2) is 48.7 Å². The number of rotatable bonds is 7. The molecule has 1 aromatic heterocycles. The molecule has 0 aliphatic rings. The number of benzene rings is 2. The second kappa shape index (κ2) is 8.78. The van der Waals surface area contributed by atoms with E-state index in [1.165, 1.54) is 42.1 Å². The first kappa shape index (κ1) is 21.7. The Balaban J connectivity index is 2.16. The molecule has 3 aromatic rings. The molecule has 7 nitrogen and oxygen atoms in total. The molecular weight excluding hydrogens is 408 g/mol. The van der Waals surface area contributed by atoms with Crippen molar-refractivity contribution < 1.29 is 28.3 Å². The molecule has 4 N–H and O–H groups in total. The van der Waals surface area contributed by atoms with Crippen LogP contribution in [0.4, 0.5) is 8.78 Å². The number of hydrogen-bond donors (Lipinski definition) is 3. The maximum Gasteiger partial charge on any atom is 0.253 e. The van der Waals surface area contributed by atoms with Crippen molar-refractivity contribution in [1.82, 2.24) is 9.88 Å². The average molecular weight is 427 g/mol. The summed E-state index contributed by atoms with van der Waals surface area (Å²) in [6.45, 7) is -0.0601. The molecule has 1 heterocycles. The van der Waals surface area contributed by atoms with Gasteiger partial charge in [0.1, 0.15) is 17.4 Å². The molecule has 0 unspecified atom stereocenters. The summed E-state index contributed by atoms with van der Waals surface area (Å²) in [5.74, 6) is -3.47. The number of ketones is 1. The largest absolute Gasteiger partial charge is 0.508 e. The number of carbonyl (C=O) groups is 3. The lowest BCUT2D eigenvalue weighted by Crippen LogP contribution is -2.28. The minimum absolute atomic E-state index is 0.0461. The summed E-state index contributed by atoms with van der Waals surface area (Å²) in [6.07, 6.45) is 1.22. The molecule has 2 aromatic carbocycles. The van der Waals surface area contributed by atoms with Gasteiger partial charge in [-0.15, -0.1) is 0 Å². The molecule has 0 saturated heterocycles. The summed E-state index contributed by atoms with van der Waals surface area (Å²) in [4.78, 5) is 36.9. The normalized spacial score (nSPS) is 10.7. The number of carbonyl (C=O) groups excluding carboxylic acids is 3. The molecule has 0 bridgehead atoms. The molecule has 0 spiro atoms. The van der Waals surface area contributed by atoms with Gasteiger partial charge >= 0.3 is 0 Å². The molecule has 0 aliphatic carbocycles. The zero-order valence-corrected chi connectivity index (χ0v) is 16.5. The van der Waals surface area contributed by atoms with E-state index in [1.54, 1.807) is 0 Å². The van der Waals surface area contributed by atoms with E-state index in [0.717, 1.165) is 18.2 Å². The molecule has 9 heteroatoms. The molecule has 31 heavy (non-hydrogen) atoms. The number of hydrogen-bond acceptors (Lipinski definition) is 4. The third kappa shape index (κ3) is 4.61. The molecule has 0 aliphatic heterocycles. The highest BCUT2D eigenvalue weighted by Gasteiger charge is 2.28. The minimum Gasteiger partial charge on any atom is -0.508 e. The van der Waals surface area contributed by atoms with Crippen molar-refractivity contribution in [3.63, 3.8) is 0 Å². The predicted octanol–water partition coefficient (Wildman–Crippen LogP) is 2.51. The minimum atomic E-state index is -0.821. The quantitative estimate of drug-likeness (QED) is 0.503. The smallest absolute Gasteiger partial charge is 0.253 e. The van der Waals surface area contributed by atoms with Gasteiger partial charge in [0.2, 0.25) is 11.7 Å². The van der Waals surface area contributed by atoms with Gasteiger partial charge in [0.05, 0.1) is 11.3 Å². The van der Waals surface area contributed by atoms with Crippen molar-refractivity contribution in [2.45, 2.75) is 6.42 Å². The molecule has 0 radical (unpaired) electrons. The predicted molar refractivity (Wildman–Crippen MR) is 108 cm³/mol. The van der Waals surface area contributed by atoms with Crippen molar-refractivity contribution in [3.05, 3.63) is 77.1 Å². The van der Waals surface area contributed by atoms with Gasteiger partial charge in [-0.3, -0.25) is 14.4 Å². The van der Waals surface area contributed by atoms with Gasteiger partial charge in [-0.2, -0.15) is 0 Å². The fourth-order valence-electron chi connectivity index (χ4n) is 3.18. The lowest BCUT2D eigenvalue weighted by Gasteiger charge is -2.11. The fourth-order valence-corrected chi connectivity index (χ4v) is 3.18. The number of aromatic hydroxyl groups is 1. The van der Waals surface area contributed by atoms with E-state index in [-0.39, 0.29) is 46.7 Å². The summed E-state index contributed by atoms with van der Waals surface area (Å²) in [7, 11) is 1.49. The van der Waals surface area contributed by atoms with Crippen LogP contribution in [0.1, 0.15) is 32.8 Å². The summed E-state index contributed by atoms with van der Waals surface area (Å²) >= 11 is 0. The molecule has 160 valence electrons. The van der Waals surface area contributed by atoms with Crippen molar-refractivity contribution in [3.8, 4) is 16.9 Å². The second-order valence-corrected chi connectivity index (χ2v) is 6.85. The van der Waals surface area contributed by atoms with Gasteiger partial charge in [-0.25, -0.2) is 8.78 Å². The number of primary amides is 1. The van der Waals surface area contributed by atoms with E-state index in [2.05, 4.69) is 5.32 Å². The number of aromatic nitrogens is 1. The first-order chi connectivity index (χ1) is 14.7. The zero-order chi connectivity index (χ0) is 22.7. The monoisotopic (exact) mass is 427 g/mol. The van der Waals surface area contributed by atoms with Gasteiger partial charge in [0, 0.05) is 42.9 Å². The Morgan fingerprint density at radius 1 is 1.10 bits per heavy atom. The topological polar surface area (TPSA) is 114 Å². The molecule has 0 fully saturated rings. The fraction of sp³-hybridized carbons (Fsp3) is 0.136. The maximum absolute atomic E-state index is 14.7. The third-order valence-electron chi connectivity index (χ3n) is 4.63. The Kier molecular flexibility index (Phi) is 6.15. The summed E-state index contributed by atoms with van der Waals surface area (Å²) in [6, 6.07) is 8.12. The summed E-state index contributed by atoms with van der Waals surface area (Å²) < 4.78 is 29.9. The third-order valence-corrected chi connectivity index (χ3v) is 4.63. The van der Waals surface area contributed by atoms with Crippen molar-refractivity contribution in [2.24, 2.45) is 12.8 Å². The van der Waals surface area contributed by atoms with E-state index < -0.39 is 29.2 Å². The van der Waals surface area contributed by atoms with E-state index in [9.17, 15) is 28.3 Å². The van der Waals surface area contributed by atoms with E-state index >= 15 is 0 Å². The Hall–Kier alpha value is -4.01. The van der Waals surface area contributed by atoms with Crippen LogP contribution in [0.2, 0.25) is 0 Å². The van der Waals surface area contributed by atoms with Crippen LogP contribution in [0.5, 0.6) is 5.75 Å². The zero-order valence-electron chi connectivity index (χ0n) is 16.5. The molecule has 0 atom stereocenters. The lowest BCUT2D eigenvalue weighted by atomic mass is 9.96. The van der Waals surface area contributed by atoms with Crippen molar-refractivity contribution in [2.75, 3.05) is 6.54 Å². The Bertz CT molecular complexity index is 1170. The highest BCUT2D eigenvalue weighted by atomic mass is 19.1. The molecule has 2 amide bonds. The van der Waals surface area contributed by atoms with Crippen LogP contribution >= 0.6 is 0 Å². The number of nitrogens with two attached hydrogens (primary N) is 1. The van der Waals surface area contributed by atoms with Gasteiger partial charge < -0.3 is 20.7 Å². The van der Waals surface area contributed by atoms with Gasteiger partial charge in [0.25, 0.3) is 5.91 Å². The number of aryl methyl sites for hydroxylation is 1. The Morgan fingerprint density at radius 3 is 2.42 bits per heavy atom. The highest BCUT2D eigenvalue weighted by molar-refractivity contribution is 6.15. The van der Waals surface area contributed by atoms with E-state index in [1.807, 2.05) is 0 Å². The Morgan fingerprint density at radius 2 is 1.77 bits per heavy atom. The number of phenols is 1. The van der Waals surface area contributed by atoms with Gasteiger partial charge in [0.15, 0.2) is 0 Å². The second-order valence-electron chi connectivity index (χ2n) is 6.85. The standard InChI is InChI=1S/C22H19F2N3O4/c1-27-11-16(22(31)26-9-8-18(25)29)19(15-10-13(23)4-7-17(15)24)20(27)21(30)12-2-5-14(28)6-3-12/h2-7,10-11,28H,8-9H2,1H3,(H2,25,29)(H,26,31). The Labute approximate surface area is 176 Å². The number of halogens is 2. The SMILES string of the molecule is Cn1cc(C(=O)NCCC(N)=O)c(-c2cc(F)ccc2F)c1C(=O)c1ccc(O)cc1. The number of nitrogens with one attached hydrogen (secondary N) is 1. The molecular formula is C22H19F2N3O4. The van der Waals surface area contributed by atoms with Crippen LogP contribution in [0.25, 0.3) is 11.1 Å².